The van der Waals surface area contributed by atoms with Crippen molar-refractivity contribution >= 4 is 31.3 Å². The summed E-state index contributed by atoms with van der Waals surface area (Å²) in [5.74, 6) is 0.363. The van der Waals surface area contributed by atoms with Gasteiger partial charge in [0.1, 0.15) is 5.75 Å². The van der Waals surface area contributed by atoms with Crippen LogP contribution in [0.25, 0.3) is 0 Å². The first-order chi connectivity index (χ1) is 8.58. The summed E-state index contributed by atoms with van der Waals surface area (Å²) in [6.45, 7) is 6.18. The minimum atomic E-state index is -3.55. The van der Waals surface area contributed by atoms with Gasteiger partial charge >= 0.3 is 0 Å². The zero-order valence-corrected chi connectivity index (χ0v) is 13.5. The van der Waals surface area contributed by atoms with Crippen LogP contribution in [0.4, 0.5) is 0 Å². The minimum absolute atomic E-state index is 0.106. The van der Waals surface area contributed by atoms with Gasteiger partial charge in [0, 0.05) is 21.6 Å². The number of benzene rings is 1. The second kappa shape index (κ2) is 6.33. The second-order valence-corrected chi connectivity index (χ2v) is 8.79. The molecular formula is C13H18Cl2O3S. The van der Waals surface area contributed by atoms with Crippen LogP contribution in [0.1, 0.15) is 20.8 Å². The standard InChI is InChI=1S/C13H18Cl2O3S/c1-13(2,3)10(9-19(15,16)17)8-18-12-6-4-11(14)5-7-12/h4-7,10H,8-9H2,1-3H3. The predicted octanol–water partition coefficient (Wildman–Crippen LogP) is 3.95. The van der Waals surface area contributed by atoms with Crippen LogP contribution in [-0.4, -0.2) is 20.8 Å². The van der Waals surface area contributed by atoms with Gasteiger partial charge in [-0.2, -0.15) is 0 Å². The number of halogens is 2. The Morgan fingerprint density at radius 1 is 1.21 bits per heavy atom. The number of rotatable bonds is 5. The molecule has 0 spiro atoms. The van der Waals surface area contributed by atoms with Gasteiger partial charge in [-0.15, -0.1) is 0 Å². The normalized spacial score (nSPS) is 14.2. The molecule has 0 aromatic heterocycles. The lowest BCUT2D eigenvalue weighted by Gasteiger charge is -2.29. The summed E-state index contributed by atoms with van der Waals surface area (Å²) in [5, 5.41) is 0.628. The van der Waals surface area contributed by atoms with Gasteiger partial charge in [-0.25, -0.2) is 8.42 Å². The third-order valence-corrected chi connectivity index (χ3v) is 4.32. The molecule has 0 heterocycles. The fourth-order valence-corrected chi connectivity index (χ4v) is 3.18. The average molecular weight is 325 g/mol. The van der Waals surface area contributed by atoms with Crippen molar-refractivity contribution in [2.24, 2.45) is 11.3 Å². The first-order valence-corrected chi connectivity index (χ1v) is 8.74. The van der Waals surface area contributed by atoms with Crippen molar-refractivity contribution in [3.05, 3.63) is 29.3 Å². The lowest BCUT2D eigenvalue weighted by atomic mass is 9.82. The van der Waals surface area contributed by atoms with Crippen LogP contribution < -0.4 is 4.74 Å². The van der Waals surface area contributed by atoms with Crippen LogP contribution in [0.5, 0.6) is 5.75 Å². The molecule has 1 rings (SSSR count). The van der Waals surface area contributed by atoms with E-state index in [4.69, 9.17) is 27.0 Å². The lowest BCUT2D eigenvalue weighted by Crippen LogP contribution is -2.31. The molecule has 1 atom stereocenters. The van der Waals surface area contributed by atoms with E-state index >= 15 is 0 Å². The third kappa shape index (κ3) is 6.50. The van der Waals surface area contributed by atoms with Crippen LogP contribution in [0.2, 0.25) is 5.02 Å². The van der Waals surface area contributed by atoms with Gasteiger partial charge in [0.25, 0.3) is 0 Å². The summed E-state index contributed by atoms with van der Waals surface area (Å²) < 4.78 is 28.1. The number of ether oxygens (including phenoxy) is 1. The van der Waals surface area contributed by atoms with Crippen molar-refractivity contribution in [2.45, 2.75) is 20.8 Å². The van der Waals surface area contributed by atoms with E-state index < -0.39 is 9.05 Å². The Balaban J connectivity index is 2.71. The molecule has 1 aromatic rings. The van der Waals surface area contributed by atoms with Crippen molar-refractivity contribution in [1.29, 1.82) is 0 Å². The molecular weight excluding hydrogens is 307 g/mol. The Morgan fingerprint density at radius 2 is 1.74 bits per heavy atom. The molecule has 0 fully saturated rings. The van der Waals surface area contributed by atoms with Crippen LogP contribution in [0.3, 0.4) is 0 Å². The molecule has 0 bridgehead atoms. The van der Waals surface area contributed by atoms with E-state index in [1.165, 1.54) is 0 Å². The van der Waals surface area contributed by atoms with Gasteiger partial charge in [-0.3, -0.25) is 0 Å². The second-order valence-electron chi connectivity index (χ2n) is 5.53. The van der Waals surface area contributed by atoms with E-state index in [1.54, 1.807) is 24.3 Å². The van der Waals surface area contributed by atoms with Gasteiger partial charge in [0.05, 0.1) is 12.4 Å². The van der Waals surface area contributed by atoms with Gasteiger partial charge in [-0.1, -0.05) is 32.4 Å². The van der Waals surface area contributed by atoms with Gasteiger partial charge in [0.15, 0.2) is 0 Å². The highest BCUT2D eigenvalue weighted by Crippen LogP contribution is 2.29. The maximum atomic E-state index is 11.2. The van der Waals surface area contributed by atoms with E-state index in [0.29, 0.717) is 10.8 Å². The summed E-state index contributed by atoms with van der Waals surface area (Å²) in [7, 11) is 1.79. The number of hydrogen-bond donors (Lipinski definition) is 0. The van der Waals surface area contributed by atoms with Crippen molar-refractivity contribution < 1.29 is 13.2 Å². The largest absolute Gasteiger partial charge is 0.493 e. The molecule has 0 radical (unpaired) electrons. The Kier molecular flexibility index (Phi) is 5.53. The fraction of sp³-hybridized carbons (Fsp3) is 0.538. The molecule has 6 heteroatoms. The summed E-state index contributed by atoms with van der Waals surface area (Å²) in [6, 6.07) is 6.94. The van der Waals surface area contributed by atoms with E-state index in [2.05, 4.69) is 0 Å². The lowest BCUT2D eigenvalue weighted by molar-refractivity contribution is 0.163. The third-order valence-electron chi connectivity index (χ3n) is 2.89. The Bertz CT molecular complexity index is 504. The fourth-order valence-electron chi connectivity index (χ4n) is 1.52. The Morgan fingerprint density at radius 3 is 2.16 bits per heavy atom. The summed E-state index contributed by atoms with van der Waals surface area (Å²) >= 11 is 5.78. The van der Waals surface area contributed by atoms with E-state index in [-0.39, 0.29) is 23.7 Å². The van der Waals surface area contributed by atoms with Crippen LogP contribution in [0.15, 0.2) is 24.3 Å². The minimum Gasteiger partial charge on any atom is -0.493 e. The van der Waals surface area contributed by atoms with E-state index in [1.807, 2.05) is 20.8 Å². The smallest absolute Gasteiger partial charge is 0.233 e. The zero-order chi connectivity index (χ0) is 14.7. The van der Waals surface area contributed by atoms with Crippen LogP contribution >= 0.6 is 22.3 Å². The van der Waals surface area contributed by atoms with Gasteiger partial charge in [0.2, 0.25) is 9.05 Å². The molecule has 0 N–H and O–H groups in total. The molecule has 0 saturated heterocycles. The quantitative estimate of drug-likeness (QED) is 0.770. The Hall–Kier alpha value is -0.450. The molecule has 0 aliphatic carbocycles. The topological polar surface area (TPSA) is 43.4 Å². The molecule has 0 aliphatic heterocycles. The summed E-state index contributed by atoms with van der Waals surface area (Å²) in [5.41, 5.74) is -0.214. The van der Waals surface area contributed by atoms with Crippen molar-refractivity contribution in [1.82, 2.24) is 0 Å². The predicted molar refractivity (Wildman–Crippen MR) is 79.5 cm³/mol. The van der Waals surface area contributed by atoms with Crippen molar-refractivity contribution in [3.63, 3.8) is 0 Å². The highest BCUT2D eigenvalue weighted by Gasteiger charge is 2.29. The SMILES string of the molecule is CC(C)(C)C(COc1ccc(Cl)cc1)CS(=O)(=O)Cl. The molecule has 1 unspecified atom stereocenters. The summed E-state index contributed by atoms with van der Waals surface area (Å²) in [4.78, 5) is 0. The summed E-state index contributed by atoms with van der Waals surface area (Å²) in [6.07, 6.45) is 0. The molecule has 0 aliphatic rings. The zero-order valence-electron chi connectivity index (χ0n) is 11.2. The van der Waals surface area contributed by atoms with Crippen molar-refractivity contribution in [2.75, 3.05) is 12.4 Å². The van der Waals surface area contributed by atoms with Crippen LogP contribution in [-0.2, 0) is 9.05 Å². The molecule has 0 amide bonds. The maximum absolute atomic E-state index is 11.2. The van der Waals surface area contributed by atoms with Gasteiger partial charge < -0.3 is 4.74 Å². The van der Waals surface area contributed by atoms with Crippen molar-refractivity contribution in [3.8, 4) is 5.75 Å². The van der Waals surface area contributed by atoms with Gasteiger partial charge in [-0.05, 0) is 29.7 Å². The first-order valence-electron chi connectivity index (χ1n) is 5.88. The van der Waals surface area contributed by atoms with E-state index in [9.17, 15) is 8.42 Å². The highest BCUT2D eigenvalue weighted by atomic mass is 35.7. The van der Waals surface area contributed by atoms with E-state index in [0.717, 1.165) is 0 Å². The number of hydrogen-bond acceptors (Lipinski definition) is 3. The molecule has 19 heavy (non-hydrogen) atoms. The molecule has 108 valence electrons. The molecule has 3 nitrogen and oxygen atoms in total. The van der Waals surface area contributed by atoms with Crippen LogP contribution in [0, 0.1) is 11.3 Å². The highest BCUT2D eigenvalue weighted by molar-refractivity contribution is 8.13. The maximum Gasteiger partial charge on any atom is 0.233 e. The molecule has 0 saturated carbocycles. The Labute approximate surface area is 124 Å². The average Bonchev–Trinajstić information content (AvgIpc) is 2.23. The first kappa shape index (κ1) is 16.6. The monoisotopic (exact) mass is 324 g/mol. The molecule has 1 aromatic carbocycles.